The molecule has 7 nitrogen and oxygen atoms in total. The van der Waals surface area contributed by atoms with Gasteiger partial charge in [-0.15, -0.1) is 11.3 Å². The molecule has 2 fully saturated rings. The van der Waals surface area contributed by atoms with E-state index in [4.69, 9.17) is 16.3 Å². The molecule has 0 bridgehead atoms. The Morgan fingerprint density at radius 2 is 2.03 bits per heavy atom. The number of halogens is 1. The van der Waals surface area contributed by atoms with Gasteiger partial charge in [-0.25, -0.2) is 9.78 Å². The maximum absolute atomic E-state index is 14.5. The summed E-state index contributed by atoms with van der Waals surface area (Å²) in [5.74, 6) is 0.811. The summed E-state index contributed by atoms with van der Waals surface area (Å²) in [6.45, 7) is 7.20. The Kier molecular flexibility index (Phi) is 7.80. The second-order valence-corrected chi connectivity index (χ2v) is 12.3. The van der Waals surface area contributed by atoms with Crippen molar-refractivity contribution in [3.8, 4) is 0 Å². The number of nitrogens with one attached hydrogen (secondary N) is 1. The van der Waals surface area contributed by atoms with Crippen molar-refractivity contribution in [2.24, 2.45) is 11.8 Å². The molecule has 9 heteroatoms. The molecule has 4 atom stereocenters. The first-order valence-electron chi connectivity index (χ1n) is 13.5. The molecule has 2 amide bonds. The first-order valence-corrected chi connectivity index (χ1v) is 14.7. The lowest BCUT2D eigenvalue weighted by Gasteiger charge is -2.47. The number of likely N-dealkylation sites (tertiary alicyclic amines) is 1. The number of methoxy groups -OCH3 is 1. The van der Waals surface area contributed by atoms with Crippen molar-refractivity contribution in [3.05, 3.63) is 50.9 Å². The number of benzene rings is 1. The largest absolute Gasteiger partial charge is 0.453 e. The van der Waals surface area contributed by atoms with Crippen LogP contribution in [0.1, 0.15) is 61.6 Å². The van der Waals surface area contributed by atoms with Crippen LogP contribution in [-0.2, 0) is 21.5 Å². The lowest BCUT2D eigenvalue weighted by atomic mass is 9.72. The molecule has 1 N–H and O–H groups in total. The molecule has 4 unspecified atom stereocenters. The zero-order chi connectivity index (χ0) is 26.2. The standard InChI is InChI=1S/C28H37ClN4O3S/c1-4-18(5-2)23-13-20(19-9-7-6-8-10-19)11-12-33(23)25(34)21-14-30-16-28(21)17-32(27(35)36-3)15-22-24(28)37-26(29)31-22/h6-10,18,20-21,23,30H,4-5,11-17H2,1-3H3. The van der Waals surface area contributed by atoms with Crippen molar-refractivity contribution in [2.75, 3.05) is 33.3 Å². The van der Waals surface area contributed by atoms with Crippen LogP contribution in [0.4, 0.5) is 4.79 Å². The number of aromatic nitrogens is 1. The number of carbonyl (C=O) groups excluding carboxylic acids is 2. The fourth-order valence-corrected chi connectivity index (χ4v) is 8.36. The molecular formula is C28H37ClN4O3S. The number of ether oxygens (including phenoxy) is 1. The van der Waals surface area contributed by atoms with Crippen molar-refractivity contribution in [2.45, 2.75) is 63.5 Å². The Balaban J connectivity index is 1.47. The molecule has 3 aliphatic rings. The van der Waals surface area contributed by atoms with Crippen molar-refractivity contribution in [3.63, 3.8) is 0 Å². The van der Waals surface area contributed by atoms with E-state index in [1.165, 1.54) is 24.0 Å². The van der Waals surface area contributed by atoms with Gasteiger partial charge in [0, 0.05) is 42.5 Å². The van der Waals surface area contributed by atoms with Crippen LogP contribution >= 0.6 is 22.9 Å². The third-order valence-electron chi connectivity index (χ3n) is 8.92. The van der Waals surface area contributed by atoms with Gasteiger partial charge in [0.1, 0.15) is 0 Å². The van der Waals surface area contributed by atoms with Crippen molar-refractivity contribution in [1.29, 1.82) is 0 Å². The van der Waals surface area contributed by atoms with E-state index in [9.17, 15) is 9.59 Å². The van der Waals surface area contributed by atoms with Gasteiger partial charge in [0.15, 0.2) is 4.47 Å². The average Bonchev–Trinajstić information content (AvgIpc) is 3.52. The smallest absolute Gasteiger partial charge is 0.409 e. The van der Waals surface area contributed by atoms with Crippen LogP contribution in [0.3, 0.4) is 0 Å². The monoisotopic (exact) mass is 544 g/mol. The van der Waals surface area contributed by atoms with Crippen LogP contribution in [0.5, 0.6) is 0 Å². The van der Waals surface area contributed by atoms with E-state index < -0.39 is 11.5 Å². The zero-order valence-electron chi connectivity index (χ0n) is 21.9. The summed E-state index contributed by atoms with van der Waals surface area (Å²) < 4.78 is 5.52. The minimum Gasteiger partial charge on any atom is -0.453 e. The van der Waals surface area contributed by atoms with Gasteiger partial charge in [0.25, 0.3) is 0 Å². The van der Waals surface area contributed by atoms with E-state index >= 15 is 0 Å². The number of piperidine rings is 1. The van der Waals surface area contributed by atoms with Gasteiger partial charge < -0.3 is 19.9 Å². The Hall–Kier alpha value is -2.16. The average molecular weight is 545 g/mol. The molecule has 4 heterocycles. The first kappa shape index (κ1) is 26.4. The molecule has 2 saturated heterocycles. The Bertz CT molecular complexity index is 1120. The van der Waals surface area contributed by atoms with Crippen LogP contribution in [0, 0.1) is 11.8 Å². The van der Waals surface area contributed by atoms with Gasteiger partial charge in [-0.2, -0.15) is 0 Å². The summed E-state index contributed by atoms with van der Waals surface area (Å²) in [7, 11) is 1.39. The van der Waals surface area contributed by atoms with Crippen molar-refractivity contribution < 1.29 is 14.3 Å². The Morgan fingerprint density at radius 3 is 2.73 bits per heavy atom. The second kappa shape index (κ2) is 10.9. The third-order valence-corrected chi connectivity index (χ3v) is 10.3. The molecule has 0 saturated carbocycles. The maximum Gasteiger partial charge on any atom is 0.409 e. The molecule has 0 radical (unpaired) electrons. The highest BCUT2D eigenvalue weighted by Gasteiger charge is 2.56. The molecule has 200 valence electrons. The van der Waals surface area contributed by atoms with Crippen LogP contribution in [-0.4, -0.2) is 66.1 Å². The highest BCUT2D eigenvalue weighted by atomic mass is 35.5. The fraction of sp³-hybridized carbons (Fsp3) is 0.607. The number of nitrogens with zero attached hydrogens (tertiary/aromatic N) is 3. The quantitative estimate of drug-likeness (QED) is 0.570. The van der Waals surface area contributed by atoms with Gasteiger partial charge in [-0.3, -0.25) is 4.79 Å². The third kappa shape index (κ3) is 4.77. The number of fused-ring (bicyclic) bond motifs is 2. The van der Waals surface area contributed by atoms with Crippen LogP contribution in [0.15, 0.2) is 30.3 Å². The summed E-state index contributed by atoms with van der Waals surface area (Å²) in [4.78, 5) is 36.6. The maximum atomic E-state index is 14.5. The molecule has 2 aromatic rings. The van der Waals surface area contributed by atoms with Gasteiger partial charge in [-0.1, -0.05) is 68.6 Å². The number of amides is 2. The predicted octanol–water partition coefficient (Wildman–Crippen LogP) is 5.05. The number of hydrogen-bond acceptors (Lipinski definition) is 6. The zero-order valence-corrected chi connectivity index (χ0v) is 23.5. The van der Waals surface area contributed by atoms with Crippen molar-refractivity contribution in [1.82, 2.24) is 20.1 Å². The number of thiazole rings is 1. The van der Waals surface area contributed by atoms with Gasteiger partial charge in [0.2, 0.25) is 5.91 Å². The number of carbonyl (C=O) groups is 2. The molecule has 1 aromatic carbocycles. The van der Waals surface area contributed by atoms with E-state index in [1.54, 1.807) is 4.90 Å². The molecule has 0 aliphatic carbocycles. The molecule has 3 aliphatic heterocycles. The number of hydrogen-bond donors (Lipinski definition) is 1. The summed E-state index contributed by atoms with van der Waals surface area (Å²) in [5, 5.41) is 3.50. The van der Waals surface area contributed by atoms with Crippen LogP contribution in [0.25, 0.3) is 0 Å². The summed E-state index contributed by atoms with van der Waals surface area (Å²) in [6.07, 6.45) is 3.65. The van der Waals surface area contributed by atoms with Gasteiger partial charge in [-0.05, 0) is 30.2 Å². The normalized spacial score (nSPS) is 27.5. The van der Waals surface area contributed by atoms with Crippen LogP contribution in [0.2, 0.25) is 4.47 Å². The SMILES string of the molecule is CCC(CC)C1CC(c2ccccc2)CCN1C(=O)C1CNCC12CN(C(=O)OC)Cc1nc(Cl)sc12. The van der Waals surface area contributed by atoms with E-state index in [1.807, 2.05) is 0 Å². The topological polar surface area (TPSA) is 74.8 Å². The Morgan fingerprint density at radius 1 is 1.27 bits per heavy atom. The predicted molar refractivity (Wildman–Crippen MR) is 146 cm³/mol. The van der Waals surface area contributed by atoms with E-state index in [0.29, 0.717) is 42.5 Å². The first-order chi connectivity index (χ1) is 17.9. The van der Waals surface area contributed by atoms with Crippen LogP contribution < -0.4 is 5.32 Å². The summed E-state index contributed by atoms with van der Waals surface area (Å²) in [6, 6.07) is 10.9. The molecule has 37 heavy (non-hydrogen) atoms. The molecule has 1 spiro atoms. The van der Waals surface area contributed by atoms with Gasteiger partial charge >= 0.3 is 6.09 Å². The van der Waals surface area contributed by atoms with Gasteiger partial charge in [0.05, 0.1) is 25.3 Å². The molecule has 1 aromatic heterocycles. The fourth-order valence-electron chi connectivity index (χ4n) is 6.99. The van der Waals surface area contributed by atoms with E-state index in [0.717, 1.165) is 42.8 Å². The minimum atomic E-state index is -0.557. The second-order valence-electron chi connectivity index (χ2n) is 10.7. The molecular weight excluding hydrogens is 508 g/mol. The van der Waals surface area contributed by atoms with E-state index in [2.05, 4.69) is 59.4 Å². The Labute approximate surface area is 228 Å². The van der Waals surface area contributed by atoms with E-state index in [-0.39, 0.29) is 17.9 Å². The summed E-state index contributed by atoms with van der Waals surface area (Å²) in [5.41, 5.74) is 1.60. The number of rotatable bonds is 5. The lowest BCUT2D eigenvalue weighted by Crippen LogP contribution is -2.58. The summed E-state index contributed by atoms with van der Waals surface area (Å²) >= 11 is 7.84. The minimum absolute atomic E-state index is 0.190. The van der Waals surface area contributed by atoms with Crippen molar-refractivity contribution >= 4 is 34.9 Å². The lowest BCUT2D eigenvalue weighted by molar-refractivity contribution is -0.142. The molecule has 5 rings (SSSR count). The highest BCUT2D eigenvalue weighted by molar-refractivity contribution is 7.16. The highest BCUT2D eigenvalue weighted by Crippen LogP contribution is 2.47.